The molecule has 0 spiro atoms. The molecule has 0 atom stereocenters. The van der Waals surface area contributed by atoms with Crippen LogP contribution in [0.15, 0.2) is 42.7 Å². The molecule has 1 N–H and O–H groups in total. The summed E-state index contributed by atoms with van der Waals surface area (Å²) >= 11 is 0. The van der Waals surface area contributed by atoms with Gasteiger partial charge in [0.25, 0.3) is 5.88 Å². The number of ether oxygens (including phenoxy) is 2. The average Bonchev–Trinajstić information content (AvgIpc) is 2.70. The minimum absolute atomic E-state index is 0.0938. The molecule has 8 nitrogen and oxygen atoms in total. The maximum absolute atomic E-state index is 12.3. The van der Waals surface area contributed by atoms with Gasteiger partial charge in [-0.1, -0.05) is 18.2 Å². The number of benzene rings is 1. The maximum atomic E-state index is 12.3. The second kappa shape index (κ2) is 9.48. The molecule has 0 saturated heterocycles. The Bertz CT molecular complexity index is 907. The molecule has 1 saturated carbocycles. The van der Waals surface area contributed by atoms with Crippen LogP contribution >= 0.6 is 0 Å². The van der Waals surface area contributed by atoms with E-state index < -0.39 is 10.0 Å². The molecule has 0 amide bonds. The molecular formula is C19H22N4O4S. The fourth-order valence-electron chi connectivity index (χ4n) is 3.04. The normalized spacial score (nSPS) is 19.5. The molecule has 148 valence electrons. The fourth-order valence-corrected chi connectivity index (χ4v) is 4.21. The molecule has 28 heavy (non-hydrogen) atoms. The first kappa shape index (κ1) is 20.0. The third-order valence-corrected chi connectivity index (χ3v) is 5.83. The molecule has 1 aromatic carbocycles. The van der Waals surface area contributed by atoms with Crippen LogP contribution in [0.3, 0.4) is 0 Å². The number of sulfonamides is 1. The zero-order valence-corrected chi connectivity index (χ0v) is 16.1. The van der Waals surface area contributed by atoms with Crippen molar-refractivity contribution in [1.82, 2.24) is 14.7 Å². The van der Waals surface area contributed by atoms with Gasteiger partial charge in [-0.3, -0.25) is 0 Å². The van der Waals surface area contributed by atoms with Crippen LogP contribution in [0.4, 0.5) is 0 Å². The molecule has 1 aliphatic rings. The minimum Gasteiger partial charge on any atom is -0.492 e. The first-order valence-electron chi connectivity index (χ1n) is 9.11. The lowest BCUT2D eigenvalue weighted by molar-refractivity contribution is 0.137. The molecule has 0 radical (unpaired) electrons. The Morgan fingerprint density at radius 2 is 1.82 bits per heavy atom. The van der Waals surface area contributed by atoms with Crippen LogP contribution in [-0.4, -0.2) is 42.9 Å². The number of hydrogen-bond acceptors (Lipinski definition) is 7. The summed E-state index contributed by atoms with van der Waals surface area (Å²) < 4.78 is 38.5. The summed E-state index contributed by atoms with van der Waals surface area (Å²) in [5.41, 5.74) is 0.156. The van der Waals surface area contributed by atoms with E-state index in [1.54, 1.807) is 12.1 Å². The second-order valence-electron chi connectivity index (χ2n) is 6.51. The van der Waals surface area contributed by atoms with Crippen molar-refractivity contribution in [3.63, 3.8) is 0 Å². The summed E-state index contributed by atoms with van der Waals surface area (Å²) in [5.74, 6) is 0.784. The van der Waals surface area contributed by atoms with Crippen LogP contribution in [0.5, 0.6) is 11.6 Å². The summed E-state index contributed by atoms with van der Waals surface area (Å²) in [6, 6.07) is 10.9. The Morgan fingerprint density at radius 3 is 2.54 bits per heavy atom. The second-order valence-corrected chi connectivity index (χ2v) is 8.39. The Morgan fingerprint density at radius 1 is 1.11 bits per heavy atom. The van der Waals surface area contributed by atoms with E-state index in [0.29, 0.717) is 31.4 Å². The highest BCUT2D eigenvalue weighted by atomic mass is 32.2. The fraction of sp³-hybridized carbons (Fsp3) is 0.421. The van der Waals surface area contributed by atoms with Crippen LogP contribution in [0.25, 0.3) is 0 Å². The smallest absolute Gasteiger partial charge is 0.251 e. The van der Waals surface area contributed by atoms with Crippen LogP contribution in [0.2, 0.25) is 0 Å². The molecular weight excluding hydrogens is 380 g/mol. The first-order valence-corrected chi connectivity index (χ1v) is 10.8. The minimum atomic E-state index is -3.42. The van der Waals surface area contributed by atoms with Gasteiger partial charge in [0.1, 0.15) is 24.5 Å². The highest BCUT2D eigenvalue weighted by molar-refractivity contribution is 7.89. The molecule has 0 bridgehead atoms. The zero-order valence-electron chi connectivity index (χ0n) is 15.3. The van der Waals surface area contributed by atoms with E-state index in [1.807, 2.05) is 24.3 Å². The third kappa shape index (κ3) is 5.90. The van der Waals surface area contributed by atoms with E-state index in [2.05, 4.69) is 14.7 Å². The van der Waals surface area contributed by atoms with Crippen molar-refractivity contribution in [2.75, 3.05) is 12.4 Å². The van der Waals surface area contributed by atoms with Gasteiger partial charge in [-0.2, -0.15) is 5.26 Å². The van der Waals surface area contributed by atoms with E-state index in [0.717, 1.165) is 0 Å². The predicted octanol–water partition coefficient (Wildman–Crippen LogP) is 2.04. The van der Waals surface area contributed by atoms with Gasteiger partial charge in [-0.25, -0.2) is 23.1 Å². The van der Waals surface area contributed by atoms with E-state index in [4.69, 9.17) is 14.7 Å². The van der Waals surface area contributed by atoms with Crippen molar-refractivity contribution in [2.24, 2.45) is 0 Å². The number of nitrogens with zero attached hydrogens (tertiary/aromatic N) is 3. The van der Waals surface area contributed by atoms with Crippen molar-refractivity contribution < 1.29 is 17.9 Å². The Hall–Kier alpha value is -2.70. The molecule has 3 rings (SSSR count). The van der Waals surface area contributed by atoms with Crippen LogP contribution in [-0.2, 0) is 10.0 Å². The maximum Gasteiger partial charge on any atom is 0.251 e. The van der Waals surface area contributed by atoms with Crippen LogP contribution < -0.4 is 14.2 Å². The van der Waals surface area contributed by atoms with Crippen molar-refractivity contribution in [2.45, 2.75) is 37.8 Å². The van der Waals surface area contributed by atoms with Gasteiger partial charge in [0.15, 0.2) is 0 Å². The lowest BCUT2D eigenvalue weighted by atomic mass is 9.94. The summed E-state index contributed by atoms with van der Waals surface area (Å²) in [6.07, 6.45) is 5.49. The van der Waals surface area contributed by atoms with Gasteiger partial charge in [0.2, 0.25) is 15.7 Å². The van der Waals surface area contributed by atoms with Crippen LogP contribution in [0, 0.1) is 11.3 Å². The quantitative estimate of drug-likeness (QED) is 0.718. The van der Waals surface area contributed by atoms with E-state index in [9.17, 15) is 8.42 Å². The number of nitrogens with one attached hydrogen (secondary N) is 1. The molecule has 1 aliphatic carbocycles. The number of aromatic nitrogens is 2. The highest BCUT2D eigenvalue weighted by Gasteiger charge is 2.26. The Balaban J connectivity index is 1.42. The molecule has 9 heteroatoms. The summed E-state index contributed by atoms with van der Waals surface area (Å²) in [7, 11) is -3.42. The van der Waals surface area contributed by atoms with Gasteiger partial charge in [-0.15, -0.1) is 0 Å². The summed E-state index contributed by atoms with van der Waals surface area (Å²) in [4.78, 5) is 7.97. The molecule has 0 unspecified atom stereocenters. The predicted molar refractivity (Wildman–Crippen MR) is 102 cm³/mol. The highest BCUT2D eigenvalue weighted by Crippen LogP contribution is 2.24. The molecule has 1 heterocycles. The largest absolute Gasteiger partial charge is 0.492 e. The van der Waals surface area contributed by atoms with E-state index in [1.165, 1.54) is 12.4 Å². The van der Waals surface area contributed by atoms with Gasteiger partial charge in [0.05, 0.1) is 5.75 Å². The molecule has 0 aliphatic heterocycles. The number of nitriles is 1. The summed E-state index contributed by atoms with van der Waals surface area (Å²) in [5, 5.41) is 9.04. The SMILES string of the molecule is N#Cc1nccnc1OC1CCC(NS(=O)(=O)CCOc2ccccc2)CC1. The Kier molecular flexibility index (Phi) is 6.79. The van der Waals surface area contributed by atoms with Crippen molar-refractivity contribution in [3.8, 4) is 17.7 Å². The topological polar surface area (TPSA) is 114 Å². The van der Waals surface area contributed by atoms with Crippen molar-refractivity contribution >= 4 is 10.0 Å². The van der Waals surface area contributed by atoms with Crippen LogP contribution in [0.1, 0.15) is 31.4 Å². The first-order chi connectivity index (χ1) is 13.6. The average molecular weight is 402 g/mol. The van der Waals surface area contributed by atoms with Gasteiger partial charge < -0.3 is 9.47 Å². The zero-order chi connectivity index (χ0) is 19.8. The lowest BCUT2D eigenvalue weighted by Crippen LogP contribution is -2.41. The third-order valence-electron chi connectivity index (χ3n) is 4.43. The summed E-state index contributed by atoms with van der Waals surface area (Å²) in [6.45, 7) is 0.0986. The van der Waals surface area contributed by atoms with Crippen molar-refractivity contribution in [1.29, 1.82) is 5.26 Å². The molecule has 1 fully saturated rings. The number of hydrogen-bond donors (Lipinski definition) is 1. The van der Waals surface area contributed by atoms with Gasteiger partial charge in [-0.05, 0) is 37.8 Å². The van der Waals surface area contributed by atoms with Gasteiger partial charge >= 0.3 is 0 Å². The van der Waals surface area contributed by atoms with E-state index >= 15 is 0 Å². The molecule has 2 aromatic rings. The standard InChI is InChI=1S/C19H22N4O4S/c20-14-18-19(22-11-10-21-18)27-17-8-6-15(7-9-17)23-28(24,25)13-12-26-16-4-2-1-3-5-16/h1-5,10-11,15,17,23H,6-9,12-13H2. The number of rotatable bonds is 8. The van der Waals surface area contributed by atoms with Gasteiger partial charge in [0, 0.05) is 18.4 Å². The monoisotopic (exact) mass is 402 g/mol. The number of para-hydroxylation sites is 1. The lowest BCUT2D eigenvalue weighted by Gasteiger charge is -2.29. The van der Waals surface area contributed by atoms with E-state index in [-0.39, 0.29) is 36.1 Å². The van der Waals surface area contributed by atoms with Crippen molar-refractivity contribution in [3.05, 3.63) is 48.4 Å². The molecule has 1 aromatic heterocycles. The Labute approximate surface area is 164 Å².